The highest BCUT2D eigenvalue weighted by Gasteiger charge is 2.07. The number of hydrogen-bond acceptors (Lipinski definition) is 2. The van der Waals surface area contributed by atoms with Gasteiger partial charge in [0, 0.05) is 28.1 Å². The SMILES string of the molecule is Cc1cc(NC(=O)c2ccc(Cn3cccn3)cc2)ccc1Br. The van der Waals surface area contributed by atoms with Gasteiger partial charge < -0.3 is 5.32 Å². The lowest BCUT2D eigenvalue weighted by Gasteiger charge is -2.08. The Morgan fingerprint density at radius 1 is 1.22 bits per heavy atom. The number of rotatable bonds is 4. The summed E-state index contributed by atoms with van der Waals surface area (Å²) >= 11 is 3.45. The Morgan fingerprint density at radius 3 is 2.65 bits per heavy atom. The van der Waals surface area contributed by atoms with Crippen LogP contribution in [-0.4, -0.2) is 15.7 Å². The molecule has 5 heteroatoms. The van der Waals surface area contributed by atoms with Gasteiger partial charge in [0.2, 0.25) is 0 Å². The predicted octanol–water partition coefficient (Wildman–Crippen LogP) is 4.25. The lowest BCUT2D eigenvalue weighted by atomic mass is 10.1. The number of halogens is 1. The fraction of sp³-hybridized carbons (Fsp3) is 0.111. The number of aryl methyl sites for hydroxylation is 1. The molecule has 4 nitrogen and oxygen atoms in total. The Hall–Kier alpha value is -2.40. The molecular weight excluding hydrogens is 354 g/mol. The number of anilines is 1. The number of amides is 1. The van der Waals surface area contributed by atoms with Crippen molar-refractivity contribution < 1.29 is 4.79 Å². The third-order valence-electron chi connectivity index (χ3n) is 3.54. The zero-order chi connectivity index (χ0) is 16.2. The first kappa shape index (κ1) is 15.5. The lowest BCUT2D eigenvalue weighted by Crippen LogP contribution is -2.12. The lowest BCUT2D eigenvalue weighted by molar-refractivity contribution is 0.102. The first-order valence-electron chi connectivity index (χ1n) is 7.26. The Bertz CT molecular complexity index is 811. The van der Waals surface area contributed by atoms with Gasteiger partial charge in [-0.25, -0.2) is 0 Å². The van der Waals surface area contributed by atoms with Crippen LogP contribution in [0.25, 0.3) is 0 Å². The number of nitrogens with one attached hydrogen (secondary N) is 1. The van der Waals surface area contributed by atoms with Crippen molar-refractivity contribution in [2.45, 2.75) is 13.5 Å². The second kappa shape index (κ2) is 6.79. The van der Waals surface area contributed by atoms with E-state index in [1.807, 2.05) is 66.3 Å². The quantitative estimate of drug-likeness (QED) is 0.746. The highest BCUT2D eigenvalue weighted by Crippen LogP contribution is 2.20. The number of carbonyl (C=O) groups excluding carboxylic acids is 1. The zero-order valence-electron chi connectivity index (χ0n) is 12.7. The van der Waals surface area contributed by atoms with Gasteiger partial charge in [0.25, 0.3) is 5.91 Å². The maximum atomic E-state index is 12.3. The Morgan fingerprint density at radius 2 is 2.00 bits per heavy atom. The van der Waals surface area contributed by atoms with Crippen LogP contribution in [0.15, 0.2) is 65.4 Å². The zero-order valence-corrected chi connectivity index (χ0v) is 14.2. The summed E-state index contributed by atoms with van der Waals surface area (Å²) in [7, 11) is 0. The van der Waals surface area contributed by atoms with E-state index >= 15 is 0 Å². The third-order valence-corrected chi connectivity index (χ3v) is 4.43. The van der Waals surface area contributed by atoms with Gasteiger partial charge in [-0.1, -0.05) is 28.1 Å². The first-order chi connectivity index (χ1) is 11.1. The van der Waals surface area contributed by atoms with Gasteiger partial charge in [-0.05, 0) is 54.4 Å². The predicted molar refractivity (Wildman–Crippen MR) is 94.6 cm³/mol. The van der Waals surface area contributed by atoms with Crippen LogP contribution >= 0.6 is 15.9 Å². The first-order valence-corrected chi connectivity index (χ1v) is 8.05. The molecule has 0 fully saturated rings. The number of aromatic nitrogens is 2. The summed E-state index contributed by atoms with van der Waals surface area (Å²) in [5, 5.41) is 7.09. The van der Waals surface area contributed by atoms with Crippen molar-refractivity contribution in [3.05, 3.63) is 82.1 Å². The van der Waals surface area contributed by atoms with Gasteiger partial charge in [-0.15, -0.1) is 0 Å². The minimum absolute atomic E-state index is 0.114. The van der Waals surface area contributed by atoms with Crippen LogP contribution in [0.3, 0.4) is 0 Å². The number of benzene rings is 2. The van der Waals surface area contributed by atoms with Gasteiger partial charge >= 0.3 is 0 Å². The van der Waals surface area contributed by atoms with Crippen LogP contribution in [0.4, 0.5) is 5.69 Å². The Labute approximate surface area is 143 Å². The average Bonchev–Trinajstić information content (AvgIpc) is 3.04. The van der Waals surface area contributed by atoms with Gasteiger partial charge in [0.15, 0.2) is 0 Å². The summed E-state index contributed by atoms with van der Waals surface area (Å²) in [6, 6.07) is 15.2. The average molecular weight is 370 g/mol. The number of nitrogens with zero attached hydrogens (tertiary/aromatic N) is 2. The third kappa shape index (κ3) is 3.87. The van der Waals surface area contributed by atoms with E-state index in [9.17, 15) is 4.79 Å². The van der Waals surface area contributed by atoms with E-state index in [0.29, 0.717) is 12.1 Å². The molecule has 2 aromatic carbocycles. The van der Waals surface area contributed by atoms with E-state index in [0.717, 1.165) is 21.3 Å². The monoisotopic (exact) mass is 369 g/mol. The molecule has 1 N–H and O–H groups in total. The topological polar surface area (TPSA) is 46.9 Å². The minimum Gasteiger partial charge on any atom is -0.322 e. The molecular formula is C18H16BrN3O. The molecule has 0 saturated heterocycles. The summed E-state index contributed by atoms with van der Waals surface area (Å²) in [6.45, 7) is 2.69. The van der Waals surface area contributed by atoms with Crippen molar-refractivity contribution >= 4 is 27.5 Å². The molecule has 1 amide bonds. The van der Waals surface area contributed by atoms with Gasteiger partial charge in [0.05, 0.1) is 6.54 Å². The van der Waals surface area contributed by atoms with Crippen LogP contribution in [0.1, 0.15) is 21.5 Å². The fourth-order valence-electron chi connectivity index (χ4n) is 2.27. The van der Waals surface area contributed by atoms with Crippen molar-refractivity contribution in [1.29, 1.82) is 0 Å². The standard InChI is InChI=1S/C18H16BrN3O/c1-13-11-16(7-8-17(13)19)21-18(23)15-5-3-14(4-6-15)12-22-10-2-9-20-22/h2-11H,12H2,1H3,(H,21,23). The van der Waals surface area contributed by atoms with E-state index in [-0.39, 0.29) is 5.91 Å². The summed E-state index contributed by atoms with van der Waals surface area (Å²) in [6.07, 6.45) is 3.67. The molecule has 1 aromatic heterocycles. The summed E-state index contributed by atoms with van der Waals surface area (Å²) in [5.41, 5.74) is 3.60. The molecule has 1 heterocycles. The fourth-order valence-corrected chi connectivity index (χ4v) is 2.51. The smallest absolute Gasteiger partial charge is 0.255 e. The van der Waals surface area contributed by atoms with Crippen LogP contribution in [0.2, 0.25) is 0 Å². The summed E-state index contributed by atoms with van der Waals surface area (Å²) < 4.78 is 2.87. The molecule has 0 bridgehead atoms. The molecule has 116 valence electrons. The van der Waals surface area contributed by atoms with Crippen LogP contribution < -0.4 is 5.32 Å². The molecule has 3 rings (SSSR count). The van der Waals surface area contributed by atoms with Crippen molar-refractivity contribution in [3.8, 4) is 0 Å². The van der Waals surface area contributed by atoms with Crippen LogP contribution in [-0.2, 0) is 6.54 Å². The maximum Gasteiger partial charge on any atom is 0.255 e. The molecule has 0 unspecified atom stereocenters. The van der Waals surface area contributed by atoms with Crippen molar-refractivity contribution in [1.82, 2.24) is 9.78 Å². The largest absolute Gasteiger partial charge is 0.322 e. The van der Waals surface area contributed by atoms with Crippen LogP contribution in [0, 0.1) is 6.92 Å². The Kier molecular flexibility index (Phi) is 4.57. The molecule has 0 radical (unpaired) electrons. The molecule has 0 spiro atoms. The van der Waals surface area contributed by atoms with E-state index in [2.05, 4.69) is 26.3 Å². The maximum absolute atomic E-state index is 12.3. The Balaban J connectivity index is 1.68. The van der Waals surface area contributed by atoms with E-state index in [1.165, 1.54) is 0 Å². The molecule has 0 aliphatic heterocycles. The molecule has 0 atom stereocenters. The highest BCUT2D eigenvalue weighted by molar-refractivity contribution is 9.10. The highest BCUT2D eigenvalue weighted by atomic mass is 79.9. The van der Waals surface area contributed by atoms with Crippen molar-refractivity contribution in [2.75, 3.05) is 5.32 Å². The second-order valence-electron chi connectivity index (χ2n) is 5.32. The van der Waals surface area contributed by atoms with E-state index in [4.69, 9.17) is 0 Å². The van der Waals surface area contributed by atoms with E-state index < -0.39 is 0 Å². The molecule has 0 saturated carbocycles. The summed E-state index contributed by atoms with van der Waals surface area (Å²) in [4.78, 5) is 12.3. The minimum atomic E-state index is -0.114. The van der Waals surface area contributed by atoms with Gasteiger partial charge in [-0.3, -0.25) is 9.48 Å². The second-order valence-corrected chi connectivity index (χ2v) is 6.17. The van der Waals surface area contributed by atoms with E-state index in [1.54, 1.807) is 6.20 Å². The number of hydrogen-bond donors (Lipinski definition) is 1. The molecule has 23 heavy (non-hydrogen) atoms. The normalized spacial score (nSPS) is 10.5. The molecule has 0 aliphatic rings. The van der Waals surface area contributed by atoms with Gasteiger partial charge in [0.1, 0.15) is 0 Å². The molecule has 3 aromatic rings. The van der Waals surface area contributed by atoms with Gasteiger partial charge in [-0.2, -0.15) is 5.10 Å². The number of carbonyl (C=O) groups is 1. The molecule has 0 aliphatic carbocycles. The summed E-state index contributed by atoms with van der Waals surface area (Å²) in [5.74, 6) is -0.114. The van der Waals surface area contributed by atoms with Crippen LogP contribution in [0.5, 0.6) is 0 Å². The van der Waals surface area contributed by atoms with Crippen molar-refractivity contribution in [3.63, 3.8) is 0 Å². The van der Waals surface area contributed by atoms with Crippen molar-refractivity contribution in [2.24, 2.45) is 0 Å².